The molecule has 0 spiro atoms. The predicted octanol–water partition coefficient (Wildman–Crippen LogP) is 1.83. The molecule has 5 heteroatoms. The zero-order chi connectivity index (χ0) is 13.0. The molecule has 0 unspecified atom stereocenters. The molecule has 0 radical (unpaired) electrons. The van der Waals surface area contributed by atoms with Crippen molar-refractivity contribution in [2.75, 3.05) is 5.43 Å². The lowest BCUT2D eigenvalue weighted by Crippen LogP contribution is -2.10. The van der Waals surface area contributed by atoms with Gasteiger partial charge in [-0.05, 0) is 25.0 Å². The molecule has 5 nitrogen and oxygen atoms in total. The highest BCUT2D eigenvalue weighted by atomic mass is 16.1. The summed E-state index contributed by atoms with van der Waals surface area (Å²) in [7, 11) is 0. The number of hydrogen-bond donors (Lipinski definition) is 2. The van der Waals surface area contributed by atoms with Crippen LogP contribution in [-0.4, -0.2) is 16.2 Å². The third kappa shape index (κ3) is 3.04. The number of nitrogens with one attached hydrogen (secondary N) is 2. The first-order valence-corrected chi connectivity index (χ1v) is 5.58. The average molecular weight is 242 g/mol. The van der Waals surface area contributed by atoms with E-state index >= 15 is 0 Å². The van der Waals surface area contributed by atoms with Crippen LogP contribution in [0.3, 0.4) is 0 Å². The molecule has 0 fully saturated rings. The van der Waals surface area contributed by atoms with Crippen LogP contribution >= 0.6 is 0 Å². The van der Waals surface area contributed by atoms with E-state index in [4.69, 9.17) is 0 Å². The highest BCUT2D eigenvalue weighted by Gasteiger charge is 1.96. The van der Waals surface area contributed by atoms with Gasteiger partial charge in [0.25, 0.3) is 5.56 Å². The summed E-state index contributed by atoms with van der Waals surface area (Å²) in [5.41, 5.74) is 5.30. The molecular formula is C13H14N4O. The smallest absolute Gasteiger partial charge is 0.252 e. The summed E-state index contributed by atoms with van der Waals surface area (Å²) < 4.78 is 0. The molecule has 2 N–H and O–H groups in total. The lowest BCUT2D eigenvalue weighted by atomic mass is 10.1. The van der Waals surface area contributed by atoms with Crippen molar-refractivity contribution in [2.24, 2.45) is 5.10 Å². The van der Waals surface area contributed by atoms with Crippen molar-refractivity contribution in [1.82, 2.24) is 9.97 Å². The standard InChI is InChI=1S/C13H14N4O/c1-9-5-3-4-6-11(9)8-14-17-13-15-10(2)7-12(18)16-13/h3-8H,1-2H3,(H2,15,16,17,18)/b14-8+. The van der Waals surface area contributed by atoms with E-state index in [0.717, 1.165) is 11.1 Å². The summed E-state index contributed by atoms with van der Waals surface area (Å²) >= 11 is 0. The Bertz CT molecular complexity index is 631. The molecule has 1 heterocycles. The SMILES string of the molecule is Cc1cc(=O)[nH]c(N/N=C/c2ccccc2C)n1. The van der Waals surface area contributed by atoms with E-state index in [1.165, 1.54) is 6.07 Å². The van der Waals surface area contributed by atoms with Crippen LogP contribution in [0.2, 0.25) is 0 Å². The quantitative estimate of drug-likeness (QED) is 0.637. The number of H-pyrrole nitrogens is 1. The monoisotopic (exact) mass is 242 g/mol. The van der Waals surface area contributed by atoms with E-state index in [0.29, 0.717) is 11.6 Å². The van der Waals surface area contributed by atoms with Crippen molar-refractivity contribution >= 4 is 12.2 Å². The van der Waals surface area contributed by atoms with E-state index in [1.807, 2.05) is 31.2 Å². The van der Waals surface area contributed by atoms with Crippen molar-refractivity contribution in [3.05, 3.63) is 57.5 Å². The molecular weight excluding hydrogens is 228 g/mol. The van der Waals surface area contributed by atoms with Gasteiger partial charge in [0, 0.05) is 11.8 Å². The Morgan fingerprint density at radius 2 is 2.11 bits per heavy atom. The zero-order valence-corrected chi connectivity index (χ0v) is 10.3. The van der Waals surface area contributed by atoms with Gasteiger partial charge in [-0.1, -0.05) is 24.3 Å². The largest absolute Gasteiger partial charge is 0.291 e. The summed E-state index contributed by atoms with van der Waals surface area (Å²) in [6.07, 6.45) is 1.69. The number of aryl methyl sites for hydroxylation is 2. The van der Waals surface area contributed by atoms with Crippen molar-refractivity contribution in [2.45, 2.75) is 13.8 Å². The van der Waals surface area contributed by atoms with Gasteiger partial charge in [0.15, 0.2) is 0 Å². The molecule has 92 valence electrons. The fraction of sp³-hybridized carbons (Fsp3) is 0.154. The van der Waals surface area contributed by atoms with E-state index in [2.05, 4.69) is 20.5 Å². The number of rotatable bonds is 3. The van der Waals surface area contributed by atoms with Crippen molar-refractivity contribution in [3.8, 4) is 0 Å². The first-order valence-electron chi connectivity index (χ1n) is 5.58. The van der Waals surface area contributed by atoms with Gasteiger partial charge in [-0.3, -0.25) is 9.78 Å². The Balaban J connectivity index is 2.12. The van der Waals surface area contributed by atoms with Crippen LogP contribution < -0.4 is 11.0 Å². The number of aromatic nitrogens is 2. The minimum absolute atomic E-state index is 0.198. The van der Waals surface area contributed by atoms with Crippen LogP contribution in [0, 0.1) is 13.8 Å². The first-order chi connectivity index (χ1) is 8.65. The molecule has 0 atom stereocenters. The number of anilines is 1. The lowest BCUT2D eigenvalue weighted by molar-refractivity contribution is 1.04. The number of hydrogen-bond acceptors (Lipinski definition) is 4. The molecule has 0 saturated heterocycles. The van der Waals surface area contributed by atoms with Gasteiger partial charge < -0.3 is 0 Å². The van der Waals surface area contributed by atoms with Crippen LogP contribution in [0.5, 0.6) is 0 Å². The number of aromatic amines is 1. The van der Waals surface area contributed by atoms with Crippen molar-refractivity contribution in [1.29, 1.82) is 0 Å². The number of nitrogens with zero attached hydrogens (tertiary/aromatic N) is 2. The Kier molecular flexibility index (Phi) is 3.52. The van der Waals surface area contributed by atoms with Crippen LogP contribution in [0.4, 0.5) is 5.95 Å². The van der Waals surface area contributed by atoms with E-state index in [9.17, 15) is 4.79 Å². The maximum absolute atomic E-state index is 11.2. The van der Waals surface area contributed by atoms with Gasteiger partial charge in [0.2, 0.25) is 5.95 Å². The van der Waals surface area contributed by atoms with Crippen LogP contribution in [0.25, 0.3) is 0 Å². The number of hydrazone groups is 1. The van der Waals surface area contributed by atoms with Gasteiger partial charge in [-0.15, -0.1) is 0 Å². The van der Waals surface area contributed by atoms with E-state index in [-0.39, 0.29) is 5.56 Å². The fourth-order valence-corrected chi connectivity index (χ4v) is 1.53. The highest BCUT2D eigenvalue weighted by Crippen LogP contribution is 2.03. The van der Waals surface area contributed by atoms with Crippen molar-refractivity contribution < 1.29 is 0 Å². The first kappa shape index (κ1) is 12.0. The highest BCUT2D eigenvalue weighted by molar-refractivity contribution is 5.81. The van der Waals surface area contributed by atoms with Crippen LogP contribution in [-0.2, 0) is 0 Å². The van der Waals surface area contributed by atoms with Gasteiger partial charge in [-0.2, -0.15) is 5.10 Å². The molecule has 2 rings (SSSR count). The second-order valence-corrected chi connectivity index (χ2v) is 3.96. The molecule has 0 saturated carbocycles. The molecule has 0 aliphatic rings. The summed E-state index contributed by atoms with van der Waals surface area (Å²) in [5.74, 6) is 0.338. The molecule has 2 aromatic rings. The third-order valence-corrected chi connectivity index (χ3v) is 2.43. The molecule has 0 aliphatic carbocycles. The summed E-state index contributed by atoms with van der Waals surface area (Å²) in [4.78, 5) is 17.9. The van der Waals surface area contributed by atoms with Gasteiger partial charge in [0.05, 0.1) is 6.21 Å². The normalized spacial score (nSPS) is 10.8. The fourth-order valence-electron chi connectivity index (χ4n) is 1.53. The Morgan fingerprint density at radius 3 is 2.83 bits per heavy atom. The summed E-state index contributed by atoms with van der Waals surface area (Å²) in [6.45, 7) is 3.76. The number of benzene rings is 1. The molecule has 0 aliphatic heterocycles. The van der Waals surface area contributed by atoms with Crippen LogP contribution in [0.15, 0.2) is 40.2 Å². The minimum atomic E-state index is -0.198. The van der Waals surface area contributed by atoms with Crippen LogP contribution in [0.1, 0.15) is 16.8 Å². The average Bonchev–Trinajstić information content (AvgIpc) is 2.30. The van der Waals surface area contributed by atoms with Gasteiger partial charge in [0.1, 0.15) is 0 Å². The van der Waals surface area contributed by atoms with Crippen molar-refractivity contribution in [3.63, 3.8) is 0 Å². The molecule has 1 aromatic carbocycles. The second kappa shape index (κ2) is 5.27. The zero-order valence-electron chi connectivity index (χ0n) is 10.3. The topological polar surface area (TPSA) is 70.1 Å². The Labute approximate surface area is 105 Å². The lowest BCUT2D eigenvalue weighted by Gasteiger charge is -2.01. The van der Waals surface area contributed by atoms with E-state index in [1.54, 1.807) is 13.1 Å². The maximum Gasteiger partial charge on any atom is 0.252 e. The predicted molar refractivity (Wildman–Crippen MR) is 72.0 cm³/mol. The Morgan fingerprint density at radius 1 is 1.33 bits per heavy atom. The minimum Gasteiger partial charge on any atom is -0.291 e. The summed E-state index contributed by atoms with van der Waals surface area (Å²) in [6, 6.07) is 9.32. The molecule has 0 bridgehead atoms. The van der Waals surface area contributed by atoms with Gasteiger partial charge in [-0.25, -0.2) is 10.4 Å². The Hall–Kier alpha value is -2.43. The third-order valence-electron chi connectivity index (χ3n) is 2.43. The molecule has 0 amide bonds. The van der Waals surface area contributed by atoms with Gasteiger partial charge >= 0.3 is 0 Å². The second-order valence-electron chi connectivity index (χ2n) is 3.96. The molecule has 18 heavy (non-hydrogen) atoms. The molecule has 1 aromatic heterocycles. The maximum atomic E-state index is 11.2. The van der Waals surface area contributed by atoms with E-state index < -0.39 is 0 Å². The summed E-state index contributed by atoms with van der Waals surface area (Å²) in [5, 5.41) is 4.05.